The van der Waals surface area contributed by atoms with E-state index in [0.29, 0.717) is 13.0 Å². The minimum atomic E-state index is -0.515. The first-order valence-corrected chi connectivity index (χ1v) is 6.45. The molecule has 1 fully saturated rings. The van der Waals surface area contributed by atoms with Gasteiger partial charge < -0.3 is 11.1 Å². The lowest BCUT2D eigenvalue weighted by molar-refractivity contribution is -0.124. The van der Waals surface area contributed by atoms with Crippen molar-refractivity contribution in [2.45, 2.75) is 32.2 Å². The normalized spacial score (nSPS) is 16.8. The molecular formula is C14H18F2N2O. The van der Waals surface area contributed by atoms with Crippen molar-refractivity contribution in [3.63, 3.8) is 0 Å². The second-order valence-electron chi connectivity index (χ2n) is 5.25. The first-order valence-electron chi connectivity index (χ1n) is 6.45. The van der Waals surface area contributed by atoms with Gasteiger partial charge in [0.25, 0.3) is 0 Å². The maximum Gasteiger partial charge on any atom is 0.220 e. The van der Waals surface area contributed by atoms with Gasteiger partial charge in [-0.2, -0.15) is 0 Å². The quantitative estimate of drug-likeness (QED) is 0.859. The summed E-state index contributed by atoms with van der Waals surface area (Å²) in [7, 11) is 0. The smallest absolute Gasteiger partial charge is 0.220 e. The highest BCUT2D eigenvalue weighted by Crippen LogP contribution is 2.42. The highest BCUT2D eigenvalue weighted by atomic mass is 19.1. The number of amides is 1. The Bertz CT molecular complexity index is 467. The van der Waals surface area contributed by atoms with E-state index in [2.05, 4.69) is 5.32 Å². The summed E-state index contributed by atoms with van der Waals surface area (Å²) in [6.07, 6.45) is 3.39. The van der Waals surface area contributed by atoms with Crippen molar-refractivity contribution in [2.75, 3.05) is 6.54 Å². The van der Waals surface area contributed by atoms with E-state index in [9.17, 15) is 13.6 Å². The van der Waals surface area contributed by atoms with Crippen molar-refractivity contribution in [3.8, 4) is 0 Å². The Morgan fingerprint density at radius 3 is 2.68 bits per heavy atom. The fourth-order valence-electron chi connectivity index (χ4n) is 2.41. The van der Waals surface area contributed by atoms with Crippen molar-refractivity contribution in [3.05, 3.63) is 35.4 Å². The third kappa shape index (κ3) is 3.29. The number of carbonyl (C=O) groups excluding carboxylic acids is 1. The molecule has 0 atom stereocenters. The molecule has 1 aromatic carbocycles. The Morgan fingerprint density at radius 1 is 1.37 bits per heavy atom. The molecule has 1 aliphatic rings. The Balaban J connectivity index is 1.88. The Kier molecular flexibility index (Phi) is 4.14. The first-order chi connectivity index (χ1) is 9.04. The molecule has 0 spiro atoms. The highest BCUT2D eigenvalue weighted by Gasteiger charge is 2.37. The number of carbonyl (C=O) groups is 1. The fraction of sp³-hybridized carbons (Fsp3) is 0.500. The zero-order valence-corrected chi connectivity index (χ0v) is 10.7. The van der Waals surface area contributed by atoms with Gasteiger partial charge in [-0.3, -0.25) is 4.79 Å². The predicted molar refractivity (Wildman–Crippen MR) is 68.2 cm³/mol. The molecule has 2 rings (SSSR count). The summed E-state index contributed by atoms with van der Waals surface area (Å²) >= 11 is 0. The van der Waals surface area contributed by atoms with Gasteiger partial charge in [0.1, 0.15) is 11.6 Å². The van der Waals surface area contributed by atoms with Crippen molar-refractivity contribution >= 4 is 5.91 Å². The largest absolute Gasteiger partial charge is 0.352 e. The summed E-state index contributed by atoms with van der Waals surface area (Å²) in [6.45, 7) is 0.498. The number of nitrogens with two attached hydrogens (primary N) is 1. The van der Waals surface area contributed by atoms with Crippen molar-refractivity contribution < 1.29 is 13.6 Å². The molecule has 1 aliphatic carbocycles. The van der Waals surface area contributed by atoms with Crippen molar-refractivity contribution in [2.24, 2.45) is 11.1 Å². The molecule has 3 N–H and O–H groups in total. The SMILES string of the molecule is NCC1(CC(=O)NCc2cc(F)ccc2F)CCC1. The molecule has 104 valence electrons. The van der Waals surface area contributed by atoms with Gasteiger partial charge in [-0.25, -0.2) is 8.78 Å². The van der Waals surface area contributed by atoms with Gasteiger partial charge in [-0.15, -0.1) is 0 Å². The standard InChI is InChI=1S/C14H18F2N2O/c15-11-2-3-12(16)10(6-11)8-18-13(19)7-14(9-17)4-1-5-14/h2-3,6H,1,4-5,7-9,17H2,(H,18,19). The number of hydrogen-bond donors (Lipinski definition) is 2. The van der Waals surface area contributed by atoms with Crippen LogP contribution >= 0.6 is 0 Å². The average molecular weight is 268 g/mol. The predicted octanol–water partition coefficient (Wildman–Crippen LogP) is 2.10. The van der Waals surface area contributed by atoms with E-state index in [1.165, 1.54) is 0 Å². The monoisotopic (exact) mass is 268 g/mol. The van der Waals surface area contributed by atoms with Crippen LogP contribution < -0.4 is 11.1 Å². The molecule has 0 saturated heterocycles. The summed E-state index contributed by atoms with van der Waals surface area (Å²) < 4.78 is 26.3. The van der Waals surface area contributed by atoms with Gasteiger partial charge in [-0.05, 0) is 43.0 Å². The molecule has 0 bridgehead atoms. The Morgan fingerprint density at radius 2 is 2.11 bits per heavy atom. The van der Waals surface area contributed by atoms with Crippen LogP contribution in [0.1, 0.15) is 31.2 Å². The number of benzene rings is 1. The summed E-state index contributed by atoms with van der Waals surface area (Å²) in [5.41, 5.74) is 5.76. The Labute approximate surface area is 111 Å². The second kappa shape index (κ2) is 5.65. The van der Waals surface area contributed by atoms with Crippen LogP contribution in [-0.2, 0) is 11.3 Å². The molecule has 1 saturated carbocycles. The molecule has 5 heteroatoms. The van der Waals surface area contributed by atoms with Gasteiger partial charge >= 0.3 is 0 Å². The van der Waals surface area contributed by atoms with Crippen LogP contribution in [0.2, 0.25) is 0 Å². The third-order valence-corrected chi connectivity index (χ3v) is 3.87. The van der Waals surface area contributed by atoms with Crippen LogP contribution in [0.15, 0.2) is 18.2 Å². The van der Waals surface area contributed by atoms with Crippen molar-refractivity contribution in [1.29, 1.82) is 0 Å². The molecule has 0 aliphatic heterocycles. The molecule has 0 aromatic heterocycles. The van der Waals surface area contributed by atoms with E-state index < -0.39 is 11.6 Å². The van der Waals surface area contributed by atoms with Crippen LogP contribution in [0.3, 0.4) is 0 Å². The van der Waals surface area contributed by atoms with Crippen LogP contribution in [0.5, 0.6) is 0 Å². The fourth-order valence-corrected chi connectivity index (χ4v) is 2.41. The van der Waals surface area contributed by atoms with E-state index in [1.54, 1.807) is 0 Å². The lowest BCUT2D eigenvalue weighted by Crippen LogP contribution is -2.41. The minimum Gasteiger partial charge on any atom is -0.352 e. The zero-order valence-electron chi connectivity index (χ0n) is 10.7. The summed E-state index contributed by atoms with van der Waals surface area (Å²) in [4.78, 5) is 11.8. The van der Waals surface area contributed by atoms with Gasteiger partial charge in [-0.1, -0.05) is 6.42 Å². The first kappa shape index (κ1) is 13.9. The number of nitrogens with one attached hydrogen (secondary N) is 1. The Hall–Kier alpha value is -1.49. The van der Waals surface area contributed by atoms with Crippen LogP contribution in [0, 0.1) is 17.0 Å². The van der Waals surface area contributed by atoms with Crippen LogP contribution in [0.4, 0.5) is 8.78 Å². The summed E-state index contributed by atoms with van der Waals surface area (Å²) in [6, 6.07) is 3.21. The number of rotatable bonds is 5. The molecule has 3 nitrogen and oxygen atoms in total. The molecule has 0 radical (unpaired) electrons. The third-order valence-electron chi connectivity index (χ3n) is 3.87. The van der Waals surface area contributed by atoms with E-state index in [1.807, 2.05) is 0 Å². The maximum absolute atomic E-state index is 13.4. The van der Waals surface area contributed by atoms with E-state index >= 15 is 0 Å². The number of hydrogen-bond acceptors (Lipinski definition) is 2. The summed E-state index contributed by atoms with van der Waals surface area (Å²) in [5, 5.41) is 2.62. The van der Waals surface area contributed by atoms with Gasteiger partial charge in [0, 0.05) is 18.5 Å². The van der Waals surface area contributed by atoms with E-state index in [4.69, 9.17) is 5.73 Å². The minimum absolute atomic E-state index is 0.00305. The number of halogens is 2. The maximum atomic E-state index is 13.4. The van der Waals surface area contributed by atoms with Gasteiger partial charge in [0.15, 0.2) is 0 Å². The van der Waals surface area contributed by atoms with E-state index in [0.717, 1.165) is 37.5 Å². The van der Waals surface area contributed by atoms with Crippen LogP contribution in [-0.4, -0.2) is 12.5 Å². The lowest BCUT2D eigenvalue weighted by atomic mass is 9.66. The zero-order chi connectivity index (χ0) is 13.9. The molecular weight excluding hydrogens is 250 g/mol. The topological polar surface area (TPSA) is 55.1 Å². The molecule has 1 amide bonds. The molecule has 19 heavy (non-hydrogen) atoms. The average Bonchev–Trinajstić information content (AvgIpc) is 2.35. The van der Waals surface area contributed by atoms with Crippen molar-refractivity contribution in [1.82, 2.24) is 5.32 Å². The van der Waals surface area contributed by atoms with Gasteiger partial charge in [0.2, 0.25) is 5.91 Å². The lowest BCUT2D eigenvalue weighted by Gasteiger charge is -2.40. The second-order valence-corrected chi connectivity index (χ2v) is 5.25. The van der Waals surface area contributed by atoms with Crippen LogP contribution in [0.25, 0.3) is 0 Å². The summed E-state index contributed by atoms with van der Waals surface area (Å²) in [5.74, 6) is -1.18. The van der Waals surface area contributed by atoms with E-state index in [-0.39, 0.29) is 23.4 Å². The highest BCUT2D eigenvalue weighted by molar-refractivity contribution is 5.76. The molecule has 1 aromatic rings. The van der Waals surface area contributed by atoms with Gasteiger partial charge in [0.05, 0.1) is 0 Å². The molecule has 0 heterocycles. The molecule has 0 unspecified atom stereocenters.